The van der Waals surface area contributed by atoms with Gasteiger partial charge in [-0.3, -0.25) is 13.9 Å². The van der Waals surface area contributed by atoms with Crippen LogP contribution in [0.3, 0.4) is 0 Å². The van der Waals surface area contributed by atoms with Gasteiger partial charge in [0.05, 0.1) is 10.6 Å². The summed E-state index contributed by atoms with van der Waals surface area (Å²) in [4.78, 5) is 29.5. The molecule has 0 bridgehead atoms. The van der Waals surface area contributed by atoms with E-state index in [2.05, 4.69) is 5.32 Å². The fourth-order valence-electron chi connectivity index (χ4n) is 5.19. The maximum absolute atomic E-state index is 15.0. The van der Waals surface area contributed by atoms with Crippen molar-refractivity contribution in [2.24, 2.45) is 0 Å². The molecule has 4 aromatic carbocycles. The summed E-state index contributed by atoms with van der Waals surface area (Å²) in [6.07, 6.45) is 0.838. The highest BCUT2D eigenvalue weighted by atomic mass is 32.2. The van der Waals surface area contributed by atoms with E-state index < -0.39 is 40.2 Å². The lowest BCUT2D eigenvalue weighted by molar-refractivity contribution is -0.140. The van der Waals surface area contributed by atoms with E-state index in [1.54, 1.807) is 42.5 Å². The lowest BCUT2D eigenvalue weighted by atomic mass is 10.0. The molecule has 0 saturated carbocycles. The van der Waals surface area contributed by atoms with Gasteiger partial charge in [-0.2, -0.15) is 0 Å². The molecule has 0 aliphatic carbocycles. The smallest absolute Gasteiger partial charge is 0.264 e. The molecule has 1 atom stereocenters. The number of carbonyl (C=O) groups is 2. The normalized spacial score (nSPS) is 11.9. The van der Waals surface area contributed by atoms with Crippen LogP contribution in [-0.2, 0) is 32.6 Å². The standard InChI is InChI=1S/C36H40FN3O4S/c1-5-19-38-36(42)34(23-29-11-7-6-8-12-29)39(24-30-13-9-10-14-33(30)37)35(41)25-40(31-21-27(3)20-28(4)22-31)45(43,44)32-17-15-26(2)16-18-32/h6-18,20-22,34H,5,19,23-25H2,1-4H3,(H,38,42)/t34-/m0/s1. The number of anilines is 1. The third-order valence-corrected chi connectivity index (χ3v) is 9.29. The first-order chi connectivity index (χ1) is 21.5. The molecule has 0 aliphatic heterocycles. The zero-order valence-corrected chi connectivity index (χ0v) is 27.0. The van der Waals surface area contributed by atoms with Crippen LogP contribution in [0.15, 0.2) is 102 Å². The Morgan fingerprint density at radius 2 is 1.44 bits per heavy atom. The van der Waals surface area contributed by atoms with Gasteiger partial charge in [0.2, 0.25) is 11.8 Å². The number of nitrogens with one attached hydrogen (secondary N) is 1. The minimum Gasteiger partial charge on any atom is -0.354 e. The third kappa shape index (κ3) is 8.57. The number of sulfonamides is 1. The molecular weight excluding hydrogens is 589 g/mol. The SMILES string of the molecule is CCCNC(=O)[C@H](Cc1ccccc1)N(Cc1ccccc1F)C(=O)CN(c1cc(C)cc(C)c1)S(=O)(=O)c1ccc(C)cc1. The van der Waals surface area contributed by atoms with E-state index in [4.69, 9.17) is 0 Å². The van der Waals surface area contributed by atoms with Crippen LogP contribution in [-0.4, -0.2) is 44.3 Å². The molecule has 0 radical (unpaired) electrons. The van der Waals surface area contributed by atoms with Crippen molar-refractivity contribution in [1.82, 2.24) is 10.2 Å². The van der Waals surface area contributed by atoms with Crippen molar-refractivity contribution in [3.05, 3.63) is 131 Å². The quantitative estimate of drug-likeness (QED) is 0.193. The summed E-state index contributed by atoms with van der Waals surface area (Å²) >= 11 is 0. The molecule has 0 aliphatic rings. The second-order valence-electron chi connectivity index (χ2n) is 11.3. The highest BCUT2D eigenvalue weighted by Crippen LogP contribution is 2.27. The Morgan fingerprint density at radius 1 is 0.822 bits per heavy atom. The van der Waals surface area contributed by atoms with Crippen molar-refractivity contribution in [3.8, 4) is 0 Å². The number of aryl methyl sites for hydroxylation is 3. The van der Waals surface area contributed by atoms with Crippen molar-refractivity contribution in [3.63, 3.8) is 0 Å². The lowest BCUT2D eigenvalue weighted by Gasteiger charge is -2.34. The van der Waals surface area contributed by atoms with Gasteiger partial charge in [0, 0.05) is 25.1 Å². The fraction of sp³-hybridized carbons (Fsp3) is 0.278. The van der Waals surface area contributed by atoms with E-state index in [0.717, 1.165) is 26.6 Å². The number of benzene rings is 4. The Bertz CT molecular complexity index is 1710. The van der Waals surface area contributed by atoms with E-state index in [0.29, 0.717) is 18.7 Å². The van der Waals surface area contributed by atoms with Crippen LogP contribution < -0.4 is 9.62 Å². The van der Waals surface area contributed by atoms with Crippen LogP contribution in [0.1, 0.15) is 41.2 Å². The van der Waals surface area contributed by atoms with Crippen LogP contribution in [0.4, 0.5) is 10.1 Å². The largest absolute Gasteiger partial charge is 0.354 e. The monoisotopic (exact) mass is 629 g/mol. The number of hydrogen-bond acceptors (Lipinski definition) is 4. The van der Waals surface area contributed by atoms with E-state index in [9.17, 15) is 18.0 Å². The van der Waals surface area contributed by atoms with Crippen molar-refractivity contribution in [2.45, 2.75) is 58.0 Å². The maximum atomic E-state index is 15.0. The molecule has 4 aromatic rings. The second kappa shape index (κ2) is 15.0. The molecule has 1 N–H and O–H groups in total. The molecule has 0 heterocycles. The molecule has 4 rings (SSSR count). The first-order valence-corrected chi connectivity index (χ1v) is 16.5. The van der Waals surface area contributed by atoms with Gasteiger partial charge in [-0.25, -0.2) is 12.8 Å². The van der Waals surface area contributed by atoms with E-state index >= 15 is 4.39 Å². The van der Waals surface area contributed by atoms with Gasteiger partial charge in [-0.1, -0.05) is 79.2 Å². The number of hydrogen-bond donors (Lipinski definition) is 1. The van der Waals surface area contributed by atoms with Crippen molar-refractivity contribution in [1.29, 1.82) is 0 Å². The molecule has 0 aromatic heterocycles. The zero-order valence-electron chi connectivity index (χ0n) is 26.2. The molecule has 7 nitrogen and oxygen atoms in total. The highest BCUT2D eigenvalue weighted by Gasteiger charge is 2.35. The van der Waals surface area contributed by atoms with E-state index in [1.807, 2.05) is 64.1 Å². The Balaban J connectivity index is 1.83. The molecule has 9 heteroatoms. The number of carbonyl (C=O) groups excluding carboxylic acids is 2. The summed E-state index contributed by atoms with van der Waals surface area (Å²) in [5.41, 5.74) is 3.88. The van der Waals surface area contributed by atoms with Crippen LogP contribution in [0.5, 0.6) is 0 Å². The Hall–Kier alpha value is -4.50. The van der Waals surface area contributed by atoms with Gasteiger partial charge in [0.15, 0.2) is 0 Å². The fourth-order valence-corrected chi connectivity index (χ4v) is 6.59. The van der Waals surface area contributed by atoms with Gasteiger partial charge >= 0.3 is 0 Å². The molecule has 0 saturated heterocycles. The Morgan fingerprint density at radius 3 is 2.07 bits per heavy atom. The van der Waals surface area contributed by atoms with Crippen molar-refractivity contribution in [2.75, 3.05) is 17.4 Å². The minimum atomic E-state index is -4.22. The van der Waals surface area contributed by atoms with E-state index in [-0.39, 0.29) is 23.4 Å². The molecule has 2 amide bonds. The van der Waals surface area contributed by atoms with Crippen LogP contribution >= 0.6 is 0 Å². The predicted octanol–water partition coefficient (Wildman–Crippen LogP) is 6.11. The van der Waals surface area contributed by atoms with Gasteiger partial charge < -0.3 is 10.2 Å². The average molecular weight is 630 g/mol. The van der Waals surface area contributed by atoms with Gasteiger partial charge in [-0.15, -0.1) is 0 Å². The molecule has 0 unspecified atom stereocenters. The summed E-state index contributed by atoms with van der Waals surface area (Å²) in [6, 6.07) is 26.1. The summed E-state index contributed by atoms with van der Waals surface area (Å²) < 4.78 is 44.5. The first-order valence-electron chi connectivity index (χ1n) is 15.0. The first kappa shape index (κ1) is 33.4. The zero-order chi connectivity index (χ0) is 32.6. The minimum absolute atomic E-state index is 0.0298. The predicted molar refractivity (Wildman–Crippen MR) is 176 cm³/mol. The Kier molecular flexibility index (Phi) is 11.1. The van der Waals surface area contributed by atoms with E-state index in [1.165, 1.54) is 23.1 Å². The lowest BCUT2D eigenvalue weighted by Crippen LogP contribution is -2.53. The highest BCUT2D eigenvalue weighted by molar-refractivity contribution is 7.92. The van der Waals surface area contributed by atoms with Gasteiger partial charge in [-0.05, 0) is 74.2 Å². The number of rotatable bonds is 13. The summed E-state index contributed by atoms with van der Waals surface area (Å²) in [6.45, 7) is 7.06. The Labute approximate surface area is 265 Å². The van der Waals surface area contributed by atoms with Crippen LogP contribution in [0, 0.1) is 26.6 Å². The summed E-state index contributed by atoms with van der Waals surface area (Å²) in [5, 5.41) is 2.89. The van der Waals surface area contributed by atoms with Crippen molar-refractivity contribution < 1.29 is 22.4 Å². The molecule has 0 spiro atoms. The second-order valence-corrected chi connectivity index (χ2v) is 13.1. The third-order valence-electron chi connectivity index (χ3n) is 7.50. The molecule has 0 fully saturated rings. The summed E-state index contributed by atoms with van der Waals surface area (Å²) in [5.74, 6) is -1.56. The molecule has 236 valence electrons. The van der Waals surface area contributed by atoms with Gasteiger partial charge in [0.1, 0.15) is 18.4 Å². The maximum Gasteiger partial charge on any atom is 0.264 e. The molecular formula is C36H40FN3O4S. The number of amides is 2. The average Bonchev–Trinajstić information content (AvgIpc) is 3.01. The summed E-state index contributed by atoms with van der Waals surface area (Å²) in [7, 11) is -4.22. The number of halogens is 1. The van der Waals surface area contributed by atoms with Crippen molar-refractivity contribution >= 4 is 27.5 Å². The topological polar surface area (TPSA) is 86.8 Å². The molecule has 45 heavy (non-hydrogen) atoms. The number of nitrogens with zero attached hydrogens (tertiary/aromatic N) is 2. The van der Waals surface area contributed by atoms with Crippen LogP contribution in [0.2, 0.25) is 0 Å². The van der Waals surface area contributed by atoms with Gasteiger partial charge in [0.25, 0.3) is 10.0 Å². The van der Waals surface area contributed by atoms with Crippen LogP contribution in [0.25, 0.3) is 0 Å².